The Hall–Kier alpha value is 0.300. The molecule has 9 heavy (non-hydrogen) atoms. The third-order valence-corrected chi connectivity index (χ3v) is 6.34. The molecule has 1 fully saturated rings. The summed E-state index contributed by atoms with van der Waals surface area (Å²) in [6, 6.07) is 0. The molecule has 0 saturated carbocycles. The zero-order valence-electron chi connectivity index (χ0n) is 5.13. The third-order valence-electron chi connectivity index (χ3n) is 1.45. The summed E-state index contributed by atoms with van der Waals surface area (Å²) in [6.07, 6.45) is 0. The Kier molecular flexibility index (Phi) is 2.85. The molecule has 1 unspecified atom stereocenters. The third kappa shape index (κ3) is 2.18. The summed E-state index contributed by atoms with van der Waals surface area (Å²) in [5.74, 6) is -0.580. The zero-order valence-corrected chi connectivity index (χ0v) is 8.43. The van der Waals surface area contributed by atoms with Crippen LogP contribution in [0.15, 0.2) is 0 Å². The van der Waals surface area contributed by atoms with Gasteiger partial charge in [-0.05, 0) is 0 Å². The molecule has 1 radical (unpaired) electrons. The van der Waals surface area contributed by atoms with Crippen LogP contribution in [-0.2, 0) is 4.79 Å². The van der Waals surface area contributed by atoms with Crippen LogP contribution < -0.4 is 5.32 Å². The van der Waals surface area contributed by atoms with Crippen LogP contribution in [0, 0.1) is 0 Å². The second-order valence-corrected chi connectivity index (χ2v) is 7.46. The molecule has 1 heterocycles. The molecule has 1 saturated heterocycles. The SMILES string of the molecule is O=C(O)[CH]1CNC[CH2][In]1. The van der Waals surface area contributed by atoms with Crippen molar-refractivity contribution in [2.24, 2.45) is 0 Å². The summed E-state index contributed by atoms with van der Waals surface area (Å²) < 4.78 is 1.24. The van der Waals surface area contributed by atoms with E-state index in [1.54, 1.807) is 0 Å². The second-order valence-electron chi connectivity index (χ2n) is 2.17. The first kappa shape index (κ1) is 7.41. The molecule has 0 bridgehead atoms. The molecular weight excluding hydrogens is 221 g/mol. The van der Waals surface area contributed by atoms with Crippen molar-refractivity contribution < 1.29 is 9.90 Å². The van der Waals surface area contributed by atoms with Crippen LogP contribution in [0.3, 0.4) is 0 Å². The van der Waals surface area contributed by atoms with Gasteiger partial charge < -0.3 is 0 Å². The molecule has 0 aromatic heterocycles. The molecule has 3 nitrogen and oxygen atoms in total. The van der Waals surface area contributed by atoms with Crippen molar-refractivity contribution in [1.82, 2.24) is 5.32 Å². The molecule has 1 aliphatic rings. The van der Waals surface area contributed by atoms with Gasteiger partial charge in [0.1, 0.15) is 0 Å². The number of hydrogen-bond donors (Lipinski definition) is 2. The molecule has 49 valence electrons. The Balaban J connectivity index is 2.31. The monoisotopic (exact) mass is 230 g/mol. The summed E-state index contributed by atoms with van der Waals surface area (Å²) >= 11 is -0.700. The van der Waals surface area contributed by atoms with Crippen LogP contribution >= 0.6 is 0 Å². The Morgan fingerprint density at radius 3 is 2.89 bits per heavy atom. The fourth-order valence-corrected chi connectivity index (χ4v) is 4.65. The van der Waals surface area contributed by atoms with Gasteiger partial charge in [-0.1, -0.05) is 0 Å². The maximum absolute atomic E-state index is 10.4. The Morgan fingerprint density at radius 1 is 1.78 bits per heavy atom. The number of carbonyl (C=O) groups is 1. The average molecular weight is 230 g/mol. The molecule has 4 heteroatoms. The van der Waals surface area contributed by atoms with E-state index in [-0.39, 0.29) is 3.67 Å². The molecule has 0 aromatic rings. The number of carboxylic acids is 1. The quantitative estimate of drug-likeness (QED) is 0.643. The van der Waals surface area contributed by atoms with Crippen LogP contribution in [0.1, 0.15) is 0 Å². The van der Waals surface area contributed by atoms with Gasteiger partial charge in [0.05, 0.1) is 0 Å². The standard InChI is InChI=1S/C5H9NO2.In/c1-2-6-4-3-5(7)8;/h3,6H,1-2,4H2,(H,7,8);. The minimum atomic E-state index is -0.700. The number of aliphatic carboxylic acids is 1. The number of rotatable bonds is 1. The van der Waals surface area contributed by atoms with Crippen LogP contribution in [-0.4, -0.2) is 47.1 Å². The molecule has 2 N–H and O–H groups in total. The molecule has 1 atom stereocenters. The second kappa shape index (κ2) is 3.46. The van der Waals surface area contributed by atoms with Crippen molar-refractivity contribution in [3.05, 3.63) is 0 Å². The van der Waals surface area contributed by atoms with Gasteiger partial charge in [0.15, 0.2) is 0 Å². The van der Waals surface area contributed by atoms with Gasteiger partial charge in [0.2, 0.25) is 0 Å². The summed E-state index contributed by atoms with van der Waals surface area (Å²) in [7, 11) is 0. The molecular formula is C5H9InNO2. The van der Waals surface area contributed by atoms with E-state index in [2.05, 4.69) is 5.32 Å². The fraction of sp³-hybridized carbons (Fsp3) is 0.800. The molecule has 1 rings (SSSR count). The first-order valence-corrected chi connectivity index (χ1v) is 7.31. The topological polar surface area (TPSA) is 49.3 Å². The predicted molar refractivity (Wildman–Crippen MR) is 34.8 cm³/mol. The summed E-state index contributed by atoms with van der Waals surface area (Å²) in [6.45, 7) is 1.79. The first-order valence-electron chi connectivity index (χ1n) is 3.07. The average Bonchev–Trinajstić information content (AvgIpc) is 1.90. The van der Waals surface area contributed by atoms with Crippen LogP contribution in [0.25, 0.3) is 0 Å². The predicted octanol–water partition coefficient (Wildman–Crippen LogP) is -0.415. The van der Waals surface area contributed by atoms with E-state index < -0.39 is 28.9 Å². The van der Waals surface area contributed by atoms with E-state index in [9.17, 15) is 4.79 Å². The van der Waals surface area contributed by atoms with Crippen molar-refractivity contribution >= 4 is 28.9 Å². The van der Waals surface area contributed by atoms with Gasteiger partial charge in [-0.25, -0.2) is 0 Å². The normalized spacial score (nSPS) is 26.9. The van der Waals surface area contributed by atoms with Crippen molar-refractivity contribution in [3.63, 3.8) is 0 Å². The molecule has 0 aromatic carbocycles. The van der Waals surface area contributed by atoms with Gasteiger partial charge in [-0.3, -0.25) is 0 Å². The molecule has 1 aliphatic heterocycles. The minimum absolute atomic E-state index is 0.0500. The van der Waals surface area contributed by atoms with Gasteiger partial charge in [0.25, 0.3) is 0 Å². The molecule has 0 amide bonds. The summed E-state index contributed by atoms with van der Waals surface area (Å²) in [5, 5.41) is 11.6. The Bertz CT molecular complexity index is 112. The van der Waals surface area contributed by atoms with E-state index in [0.29, 0.717) is 0 Å². The van der Waals surface area contributed by atoms with Crippen LogP contribution in [0.5, 0.6) is 0 Å². The number of nitrogens with one attached hydrogen (secondary N) is 1. The number of hydrogen-bond acceptors (Lipinski definition) is 2. The van der Waals surface area contributed by atoms with Gasteiger partial charge in [0, 0.05) is 0 Å². The first-order chi connectivity index (χ1) is 4.30. The fourth-order valence-electron chi connectivity index (χ4n) is 0.916. The van der Waals surface area contributed by atoms with Gasteiger partial charge in [-0.15, -0.1) is 0 Å². The van der Waals surface area contributed by atoms with E-state index in [1.165, 1.54) is 4.18 Å². The number of carboxylic acid groups (broad SMARTS) is 1. The van der Waals surface area contributed by atoms with Crippen molar-refractivity contribution in [2.75, 3.05) is 13.1 Å². The van der Waals surface area contributed by atoms with E-state index >= 15 is 0 Å². The van der Waals surface area contributed by atoms with Crippen LogP contribution in [0.2, 0.25) is 7.85 Å². The van der Waals surface area contributed by atoms with E-state index in [4.69, 9.17) is 5.11 Å². The van der Waals surface area contributed by atoms with Crippen molar-refractivity contribution in [1.29, 1.82) is 0 Å². The summed E-state index contributed by atoms with van der Waals surface area (Å²) in [4.78, 5) is 10.4. The van der Waals surface area contributed by atoms with Gasteiger partial charge in [-0.2, -0.15) is 0 Å². The molecule has 0 aliphatic carbocycles. The van der Waals surface area contributed by atoms with Crippen molar-refractivity contribution in [2.45, 2.75) is 7.85 Å². The zero-order chi connectivity index (χ0) is 6.69. The van der Waals surface area contributed by atoms with Gasteiger partial charge >= 0.3 is 65.0 Å². The summed E-state index contributed by atoms with van der Waals surface area (Å²) in [5.41, 5.74) is 0. The Labute approximate surface area is 65.2 Å². The van der Waals surface area contributed by atoms with Crippen molar-refractivity contribution in [3.8, 4) is 0 Å². The van der Waals surface area contributed by atoms with Crippen LogP contribution in [0.4, 0.5) is 0 Å². The molecule has 0 spiro atoms. The van der Waals surface area contributed by atoms with E-state index in [0.717, 1.165) is 13.1 Å². The Morgan fingerprint density at radius 2 is 2.56 bits per heavy atom. The maximum atomic E-state index is 10.4. The van der Waals surface area contributed by atoms with E-state index in [1.807, 2.05) is 0 Å².